The first-order valence-corrected chi connectivity index (χ1v) is 5.72. The first-order chi connectivity index (χ1) is 7.38. The molecule has 1 atom stereocenters. The summed E-state index contributed by atoms with van der Waals surface area (Å²) in [6.07, 6.45) is 5.42. The van der Waals surface area contributed by atoms with Crippen molar-refractivity contribution in [2.75, 3.05) is 20.6 Å². The summed E-state index contributed by atoms with van der Waals surface area (Å²) < 4.78 is 0.832. The van der Waals surface area contributed by atoms with E-state index in [1.54, 1.807) is 0 Å². The van der Waals surface area contributed by atoms with Crippen LogP contribution in [0.1, 0.15) is 29.7 Å². The number of benzene rings is 1. The van der Waals surface area contributed by atoms with E-state index in [1.807, 2.05) is 0 Å². The number of terminal acetylenes is 1. The van der Waals surface area contributed by atoms with Gasteiger partial charge in [-0.05, 0) is 43.9 Å². The molecule has 1 rings (SSSR count). The summed E-state index contributed by atoms with van der Waals surface area (Å²) in [6.45, 7) is 7.30. The minimum Gasteiger partial charge on any atom is -1.00 e. The van der Waals surface area contributed by atoms with Gasteiger partial charge in [0, 0.05) is 5.56 Å². The van der Waals surface area contributed by atoms with Gasteiger partial charge >= 0.3 is 0 Å². The van der Waals surface area contributed by atoms with Crippen LogP contribution in [0.4, 0.5) is 0 Å². The highest BCUT2D eigenvalue weighted by Crippen LogP contribution is 2.25. The van der Waals surface area contributed by atoms with Crippen LogP contribution in [-0.4, -0.2) is 25.1 Å². The molecule has 0 bridgehead atoms. The number of hydrogen-bond donors (Lipinski definition) is 0. The largest absolute Gasteiger partial charge is 1.00 e. The van der Waals surface area contributed by atoms with Crippen molar-refractivity contribution in [3.05, 3.63) is 34.9 Å². The molecule has 0 heterocycles. The molecule has 0 aliphatic carbocycles. The molecule has 17 heavy (non-hydrogen) atoms. The third-order valence-corrected chi connectivity index (χ3v) is 3.56. The van der Waals surface area contributed by atoms with E-state index in [1.165, 1.54) is 16.7 Å². The monoisotopic (exact) mass is 295 g/mol. The molecule has 1 aromatic carbocycles. The van der Waals surface area contributed by atoms with Gasteiger partial charge in [-0.1, -0.05) is 12.1 Å². The van der Waals surface area contributed by atoms with E-state index in [2.05, 4.69) is 59.0 Å². The van der Waals surface area contributed by atoms with Crippen LogP contribution in [0.25, 0.3) is 0 Å². The fourth-order valence-corrected chi connectivity index (χ4v) is 1.80. The second-order valence-electron chi connectivity index (χ2n) is 5.16. The molecule has 0 saturated heterocycles. The number of hydrogen-bond acceptors (Lipinski definition) is 0. The van der Waals surface area contributed by atoms with Gasteiger partial charge in [0.15, 0.2) is 0 Å². The van der Waals surface area contributed by atoms with E-state index in [0.29, 0.717) is 6.04 Å². The van der Waals surface area contributed by atoms with Crippen LogP contribution in [0.15, 0.2) is 18.2 Å². The molecule has 94 valence electrons. The molecule has 2 heteroatoms. The molecule has 0 radical (unpaired) electrons. The van der Waals surface area contributed by atoms with E-state index in [-0.39, 0.29) is 17.0 Å². The third kappa shape index (κ3) is 3.87. The topological polar surface area (TPSA) is 0 Å². The third-order valence-electron chi connectivity index (χ3n) is 3.56. The van der Waals surface area contributed by atoms with E-state index >= 15 is 0 Å². The highest BCUT2D eigenvalue weighted by atomic mass is 79.9. The maximum absolute atomic E-state index is 5.42. The van der Waals surface area contributed by atoms with Gasteiger partial charge in [-0.25, -0.2) is 0 Å². The van der Waals surface area contributed by atoms with Gasteiger partial charge in [0.05, 0.1) is 14.1 Å². The summed E-state index contributed by atoms with van der Waals surface area (Å²) in [5.74, 6) is 2.76. The van der Waals surface area contributed by atoms with Crippen LogP contribution in [0, 0.1) is 26.2 Å². The average molecular weight is 296 g/mol. The lowest BCUT2D eigenvalue weighted by Crippen LogP contribution is -3.00. The van der Waals surface area contributed by atoms with E-state index in [9.17, 15) is 0 Å². The van der Waals surface area contributed by atoms with E-state index in [4.69, 9.17) is 6.42 Å². The maximum atomic E-state index is 5.42. The zero-order valence-corrected chi connectivity index (χ0v) is 13.0. The smallest absolute Gasteiger partial charge is 0.140 e. The number of rotatable bonds is 3. The SMILES string of the molecule is C#CC[N+](C)(C)C(C)c1ccc(C)c(C)c1.[Br-]. The maximum Gasteiger partial charge on any atom is 0.140 e. The zero-order chi connectivity index (χ0) is 12.3. The number of nitrogens with zero attached hydrogens (tertiary/aromatic N) is 1. The number of aryl methyl sites for hydroxylation is 2. The summed E-state index contributed by atoms with van der Waals surface area (Å²) >= 11 is 0. The Balaban J connectivity index is 0.00000256. The molecule has 1 nitrogen and oxygen atoms in total. The molecular weight excluding hydrogens is 274 g/mol. The first kappa shape index (κ1) is 16.2. The lowest BCUT2D eigenvalue weighted by atomic mass is 10.00. The molecule has 0 fully saturated rings. The van der Waals surface area contributed by atoms with Crippen LogP contribution >= 0.6 is 0 Å². The van der Waals surface area contributed by atoms with Crippen molar-refractivity contribution in [1.82, 2.24) is 0 Å². The Labute approximate surface area is 116 Å². The van der Waals surface area contributed by atoms with Crippen molar-refractivity contribution in [2.24, 2.45) is 0 Å². The summed E-state index contributed by atoms with van der Waals surface area (Å²) in [7, 11) is 4.36. The Morgan fingerprint density at radius 1 is 1.24 bits per heavy atom. The molecule has 0 spiro atoms. The van der Waals surface area contributed by atoms with Gasteiger partial charge in [-0.3, -0.25) is 0 Å². The molecule has 1 aromatic rings. The van der Waals surface area contributed by atoms with Crippen LogP contribution in [-0.2, 0) is 0 Å². The van der Waals surface area contributed by atoms with Crippen LogP contribution in [0.5, 0.6) is 0 Å². The Morgan fingerprint density at radius 2 is 1.82 bits per heavy atom. The van der Waals surface area contributed by atoms with Crippen molar-refractivity contribution in [3.8, 4) is 12.3 Å². The number of halogens is 1. The van der Waals surface area contributed by atoms with Gasteiger partial charge in [-0.15, -0.1) is 6.42 Å². The van der Waals surface area contributed by atoms with Crippen molar-refractivity contribution in [1.29, 1.82) is 0 Å². The Bertz CT molecular complexity index is 415. The number of quaternary nitrogens is 1. The molecule has 1 unspecified atom stereocenters. The average Bonchev–Trinajstić information content (AvgIpc) is 2.21. The molecule has 0 saturated carbocycles. The van der Waals surface area contributed by atoms with Crippen molar-refractivity contribution in [3.63, 3.8) is 0 Å². The summed E-state index contributed by atoms with van der Waals surface area (Å²) in [5.41, 5.74) is 4.06. The highest BCUT2D eigenvalue weighted by Gasteiger charge is 2.24. The second-order valence-corrected chi connectivity index (χ2v) is 5.16. The molecule has 0 amide bonds. The molecule has 0 aliphatic heterocycles. The summed E-state index contributed by atoms with van der Waals surface area (Å²) in [6, 6.07) is 7.10. The predicted octanol–water partition coefficient (Wildman–Crippen LogP) is 0.0780. The van der Waals surface area contributed by atoms with Crippen LogP contribution in [0.2, 0.25) is 0 Å². The molecule has 0 aliphatic rings. The van der Waals surface area contributed by atoms with E-state index in [0.717, 1.165) is 11.0 Å². The molecular formula is C15H22BrN. The van der Waals surface area contributed by atoms with Crippen molar-refractivity contribution in [2.45, 2.75) is 26.8 Å². The van der Waals surface area contributed by atoms with Gasteiger partial charge in [-0.2, -0.15) is 0 Å². The van der Waals surface area contributed by atoms with Gasteiger partial charge in [0.1, 0.15) is 12.6 Å². The Hall–Kier alpha value is -0.780. The predicted molar refractivity (Wildman–Crippen MR) is 70.1 cm³/mol. The van der Waals surface area contributed by atoms with Gasteiger partial charge < -0.3 is 21.5 Å². The minimum atomic E-state index is 0. The Morgan fingerprint density at radius 3 is 2.29 bits per heavy atom. The van der Waals surface area contributed by atoms with Gasteiger partial charge in [0.25, 0.3) is 0 Å². The van der Waals surface area contributed by atoms with Crippen molar-refractivity contribution < 1.29 is 21.5 Å². The first-order valence-electron chi connectivity index (χ1n) is 5.72. The van der Waals surface area contributed by atoms with Crippen molar-refractivity contribution >= 4 is 0 Å². The van der Waals surface area contributed by atoms with Gasteiger partial charge in [0.2, 0.25) is 0 Å². The fraction of sp³-hybridized carbons (Fsp3) is 0.467. The summed E-state index contributed by atoms with van der Waals surface area (Å²) in [5, 5.41) is 0. The van der Waals surface area contributed by atoms with E-state index < -0.39 is 0 Å². The second kappa shape index (κ2) is 6.23. The standard InChI is InChI=1S/C15H22N.BrH/c1-7-10-16(5,6)14(4)15-9-8-12(2)13(3)11-15;/h1,8-9,11,14H,10H2,2-6H3;1H/q+1;/p-1. The summed E-state index contributed by atoms with van der Waals surface area (Å²) in [4.78, 5) is 0. The van der Waals surface area contributed by atoms with Crippen LogP contribution in [0.3, 0.4) is 0 Å². The minimum absolute atomic E-state index is 0. The lowest BCUT2D eigenvalue weighted by Gasteiger charge is -2.34. The highest BCUT2D eigenvalue weighted by molar-refractivity contribution is 5.30. The van der Waals surface area contributed by atoms with Crippen LogP contribution < -0.4 is 17.0 Å². The molecule has 0 aromatic heterocycles. The quantitative estimate of drug-likeness (QED) is 0.547. The Kier molecular flexibility index (Phi) is 5.95. The lowest BCUT2D eigenvalue weighted by molar-refractivity contribution is -0.912. The zero-order valence-electron chi connectivity index (χ0n) is 11.4. The fourth-order valence-electron chi connectivity index (χ4n) is 1.80. The normalized spacial score (nSPS) is 12.5. The molecule has 0 N–H and O–H groups in total.